The third-order valence-electron chi connectivity index (χ3n) is 4.67. The van der Waals surface area contributed by atoms with E-state index in [9.17, 15) is 23.2 Å². The summed E-state index contributed by atoms with van der Waals surface area (Å²) in [5, 5.41) is 9.51. The normalized spacial score (nSPS) is 16.6. The molecule has 0 radical (unpaired) electrons. The molecule has 0 unspecified atom stereocenters. The van der Waals surface area contributed by atoms with E-state index in [0.717, 1.165) is 11.6 Å². The highest BCUT2D eigenvalue weighted by molar-refractivity contribution is 5.96. The number of nitrogens with zero attached hydrogens (tertiary/aromatic N) is 3. The Labute approximate surface area is 155 Å². The highest BCUT2D eigenvalue weighted by Gasteiger charge is 2.36. The van der Waals surface area contributed by atoms with Crippen LogP contribution in [0.4, 0.5) is 13.2 Å². The molecule has 0 N–H and O–H groups in total. The molecule has 1 saturated heterocycles. The Morgan fingerprint density at radius 3 is 2.15 bits per heavy atom. The van der Waals surface area contributed by atoms with Crippen molar-refractivity contribution in [1.29, 1.82) is 5.26 Å². The average molecular weight is 373 g/mol. The molecule has 0 spiro atoms. The molecular formula is C20H18F3N3O. The number of halogens is 3. The maximum Gasteiger partial charge on any atom is 0.417 e. The Balaban J connectivity index is 1.71. The zero-order chi connectivity index (χ0) is 19.4. The predicted octanol–water partition coefficient (Wildman–Crippen LogP) is 3.73. The Kier molecular flexibility index (Phi) is 5.47. The van der Waals surface area contributed by atoms with Crippen molar-refractivity contribution in [3.63, 3.8) is 0 Å². The van der Waals surface area contributed by atoms with Gasteiger partial charge in [0.2, 0.25) is 0 Å². The van der Waals surface area contributed by atoms with Gasteiger partial charge in [0, 0.05) is 26.2 Å². The lowest BCUT2D eigenvalue weighted by atomic mass is 10.0. The first-order valence-electron chi connectivity index (χ1n) is 8.56. The summed E-state index contributed by atoms with van der Waals surface area (Å²) in [4.78, 5) is 16.0. The van der Waals surface area contributed by atoms with Crippen molar-refractivity contribution >= 4 is 5.91 Å². The highest BCUT2D eigenvalue weighted by atomic mass is 19.4. The van der Waals surface area contributed by atoms with Crippen LogP contribution >= 0.6 is 0 Å². The molecule has 0 aliphatic carbocycles. The lowest BCUT2D eigenvalue weighted by molar-refractivity contribution is -0.138. The summed E-state index contributed by atoms with van der Waals surface area (Å²) in [5.41, 5.74) is -0.392. The van der Waals surface area contributed by atoms with Gasteiger partial charge in [-0.25, -0.2) is 0 Å². The summed E-state index contributed by atoms with van der Waals surface area (Å²) in [7, 11) is 0. The largest absolute Gasteiger partial charge is 0.417 e. The predicted molar refractivity (Wildman–Crippen MR) is 93.7 cm³/mol. The molecule has 0 bridgehead atoms. The first-order chi connectivity index (χ1) is 12.9. The monoisotopic (exact) mass is 373 g/mol. The van der Waals surface area contributed by atoms with E-state index in [4.69, 9.17) is 0 Å². The molecular weight excluding hydrogens is 355 g/mol. The van der Waals surface area contributed by atoms with Crippen LogP contribution in [-0.2, 0) is 6.18 Å². The summed E-state index contributed by atoms with van der Waals surface area (Å²) in [6, 6.07) is 16.0. The third-order valence-corrected chi connectivity index (χ3v) is 4.67. The van der Waals surface area contributed by atoms with E-state index >= 15 is 0 Å². The molecule has 140 valence electrons. The number of rotatable bonds is 3. The van der Waals surface area contributed by atoms with E-state index in [2.05, 4.69) is 6.07 Å². The summed E-state index contributed by atoms with van der Waals surface area (Å²) < 4.78 is 39.5. The Bertz CT molecular complexity index is 838. The second-order valence-corrected chi connectivity index (χ2v) is 6.31. The molecule has 27 heavy (non-hydrogen) atoms. The van der Waals surface area contributed by atoms with Gasteiger partial charge in [0.15, 0.2) is 0 Å². The van der Waals surface area contributed by atoms with E-state index < -0.39 is 23.7 Å². The fourth-order valence-electron chi connectivity index (χ4n) is 3.27. The number of amides is 1. The number of carbonyl (C=O) groups excluding carboxylic acids is 1. The SMILES string of the molecule is N#C[C@@H](c1ccccc1)N1CCN(C(=O)c2ccccc2C(F)(F)F)CC1. The van der Waals surface area contributed by atoms with Crippen molar-refractivity contribution in [2.24, 2.45) is 0 Å². The van der Waals surface area contributed by atoms with Crippen molar-refractivity contribution in [2.45, 2.75) is 12.2 Å². The molecule has 1 atom stereocenters. The summed E-state index contributed by atoms with van der Waals surface area (Å²) >= 11 is 0. The molecule has 2 aromatic rings. The summed E-state index contributed by atoms with van der Waals surface area (Å²) in [5.74, 6) is -0.629. The van der Waals surface area contributed by atoms with Crippen molar-refractivity contribution in [2.75, 3.05) is 26.2 Å². The Hall–Kier alpha value is -2.85. The molecule has 1 aliphatic heterocycles. The molecule has 2 aromatic carbocycles. The van der Waals surface area contributed by atoms with Crippen LogP contribution in [0.5, 0.6) is 0 Å². The van der Waals surface area contributed by atoms with Crippen LogP contribution in [0.15, 0.2) is 54.6 Å². The minimum absolute atomic E-state index is 0.274. The van der Waals surface area contributed by atoms with Gasteiger partial charge in [-0.2, -0.15) is 18.4 Å². The van der Waals surface area contributed by atoms with Gasteiger partial charge in [-0.1, -0.05) is 42.5 Å². The molecule has 1 aliphatic rings. The van der Waals surface area contributed by atoms with Crippen LogP contribution < -0.4 is 0 Å². The molecule has 1 amide bonds. The Morgan fingerprint density at radius 2 is 1.56 bits per heavy atom. The number of hydrogen-bond donors (Lipinski definition) is 0. The van der Waals surface area contributed by atoms with Crippen LogP contribution in [0.2, 0.25) is 0 Å². The standard InChI is InChI=1S/C20H18F3N3O/c21-20(22,23)17-9-5-4-8-16(17)19(27)26-12-10-25(11-13-26)18(14-24)15-6-2-1-3-7-15/h1-9,18H,10-13H2/t18-/m0/s1. The van der Waals surface area contributed by atoms with E-state index in [-0.39, 0.29) is 18.7 Å². The average Bonchev–Trinajstić information content (AvgIpc) is 2.69. The quantitative estimate of drug-likeness (QED) is 0.824. The van der Waals surface area contributed by atoms with Crippen molar-refractivity contribution in [1.82, 2.24) is 9.80 Å². The molecule has 1 fully saturated rings. The first kappa shape index (κ1) is 18.9. The topological polar surface area (TPSA) is 47.3 Å². The fraction of sp³-hybridized carbons (Fsp3) is 0.300. The Morgan fingerprint density at radius 1 is 0.963 bits per heavy atom. The molecule has 4 nitrogen and oxygen atoms in total. The van der Waals surface area contributed by atoms with Gasteiger partial charge in [0.25, 0.3) is 5.91 Å². The summed E-state index contributed by atoms with van der Waals surface area (Å²) in [6.07, 6.45) is -4.58. The van der Waals surface area contributed by atoms with Gasteiger partial charge in [0.1, 0.15) is 6.04 Å². The van der Waals surface area contributed by atoms with Crippen LogP contribution in [0.1, 0.15) is 27.5 Å². The number of benzene rings is 2. The molecule has 0 aromatic heterocycles. The number of nitriles is 1. The molecule has 1 heterocycles. The van der Waals surface area contributed by atoms with E-state index in [1.54, 1.807) is 0 Å². The maximum atomic E-state index is 13.2. The lowest BCUT2D eigenvalue weighted by Gasteiger charge is -2.37. The van der Waals surface area contributed by atoms with Crippen molar-refractivity contribution in [3.05, 3.63) is 71.3 Å². The zero-order valence-corrected chi connectivity index (χ0v) is 14.5. The van der Waals surface area contributed by atoms with E-state index in [1.165, 1.54) is 23.1 Å². The zero-order valence-electron chi connectivity index (χ0n) is 14.5. The molecule has 0 saturated carbocycles. The number of alkyl halides is 3. The first-order valence-corrected chi connectivity index (χ1v) is 8.56. The minimum Gasteiger partial charge on any atom is -0.336 e. The van der Waals surface area contributed by atoms with Crippen LogP contribution in [0, 0.1) is 11.3 Å². The van der Waals surface area contributed by atoms with Gasteiger partial charge >= 0.3 is 6.18 Å². The van der Waals surface area contributed by atoms with Crippen LogP contribution in [-0.4, -0.2) is 41.9 Å². The second kappa shape index (κ2) is 7.80. The van der Waals surface area contributed by atoms with Crippen molar-refractivity contribution < 1.29 is 18.0 Å². The maximum absolute atomic E-state index is 13.2. The third kappa shape index (κ3) is 4.12. The minimum atomic E-state index is -4.58. The van der Waals surface area contributed by atoms with Gasteiger partial charge in [-0.05, 0) is 17.7 Å². The van der Waals surface area contributed by atoms with Crippen LogP contribution in [0.25, 0.3) is 0 Å². The smallest absolute Gasteiger partial charge is 0.336 e. The highest BCUT2D eigenvalue weighted by Crippen LogP contribution is 2.32. The fourth-order valence-corrected chi connectivity index (χ4v) is 3.27. The second-order valence-electron chi connectivity index (χ2n) is 6.31. The number of hydrogen-bond acceptors (Lipinski definition) is 3. The summed E-state index contributed by atoms with van der Waals surface area (Å²) in [6.45, 7) is 1.40. The van der Waals surface area contributed by atoms with Gasteiger partial charge in [-0.15, -0.1) is 0 Å². The van der Waals surface area contributed by atoms with Gasteiger partial charge in [0.05, 0.1) is 17.2 Å². The van der Waals surface area contributed by atoms with Crippen molar-refractivity contribution in [3.8, 4) is 6.07 Å². The van der Waals surface area contributed by atoms with Crippen LogP contribution in [0.3, 0.4) is 0 Å². The molecule has 3 rings (SSSR count). The lowest BCUT2D eigenvalue weighted by Crippen LogP contribution is -2.49. The molecule has 7 heteroatoms. The number of piperazine rings is 1. The van der Waals surface area contributed by atoms with E-state index in [1.807, 2.05) is 35.2 Å². The van der Waals surface area contributed by atoms with Gasteiger partial charge < -0.3 is 4.90 Å². The number of carbonyl (C=O) groups is 1. The van der Waals surface area contributed by atoms with Gasteiger partial charge in [-0.3, -0.25) is 9.69 Å². The van der Waals surface area contributed by atoms with E-state index in [0.29, 0.717) is 13.1 Å².